The Labute approximate surface area is 148 Å². The maximum Gasteiger partial charge on any atom is 0.322 e. The first-order valence-corrected chi connectivity index (χ1v) is 8.68. The number of nitrogens with one attached hydrogen (secondary N) is 2. The summed E-state index contributed by atoms with van der Waals surface area (Å²) in [6.07, 6.45) is 0. The van der Waals surface area contributed by atoms with Gasteiger partial charge in [-0.05, 0) is 31.2 Å². The minimum atomic E-state index is -0.0133. The van der Waals surface area contributed by atoms with Gasteiger partial charge in [0.1, 0.15) is 6.54 Å². The molecule has 0 saturated carbocycles. The molecule has 5 heteroatoms. The fourth-order valence-electron chi connectivity index (χ4n) is 2.98. The monoisotopic (exact) mass is 344 g/mol. The van der Waals surface area contributed by atoms with Crippen molar-refractivity contribution in [3.8, 4) is 0 Å². The Hall–Kier alpha value is -2.04. The van der Waals surface area contributed by atoms with Crippen molar-refractivity contribution < 1.29 is 9.69 Å². The van der Waals surface area contributed by atoms with Crippen LogP contribution in [0.2, 0.25) is 5.02 Å². The number of aryl methyl sites for hydroxylation is 1. The van der Waals surface area contributed by atoms with E-state index in [1.165, 1.54) is 16.0 Å². The molecule has 2 amide bonds. The molecule has 0 aliphatic carbocycles. The van der Waals surface area contributed by atoms with E-state index in [4.69, 9.17) is 11.6 Å². The van der Waals surface area contributed by atoms with Gasteiger partial charge < -0.3 is 15.1 Å². The van der Waals surface area contributed by atoms with Gasteiger partial charge in [0, 0.05) is 16.3 Å². The molecular formula is C19H23ClN3O+. The van der Waals surface area contributed by atoms with Crippen molar-refractivity contribution in [1.82, 2.24) is 4.90 Å². The number of benzene rings is 2. The molecule has 0 radical (unpaired) electrons. The number of nitrogens with zero attached hydrogens (tertiary/aromatic N) is 1. The smallest absolute Gasteiger partial charge is 0.322 e. The van der Waals surface area contributed by atoms with E-state index in [1.807, 2.05) is 54.3 Å². The summed E-state index contributed by atoms with van der Waals surface area (Å²) in [5.74, 6) is 0. The minimum absolute atomic E-state index is 0.0133. The van der Waals surface area contributed by atoms with E-state index in [0.29, 0.717) is 0 Å². The lowest BCUT2D eigenvalue weighted by molar-refractivity contribution is -0.917. The van der Waals surface area contributed by atoms with E-state index < -0.39 is 0 Å². The number of hydrogen-bond donors (Lipinski definition) is 2. The van der Waals surface area contributed by atoms with Crippen LogP contribution in [0.5, 0.6) is 0 Å². The summed E-state index contributed by atoms with van der Waals surface area (Å²) < 4.78 is 0. The van der Waals surface area contributed by atoms with Gasteiger partial charge in [-0.1, -0.05) is 41.4 Å². The number of amides is 2. The predicted octanol–water partition coefficient (Wildman–Crippen LogP) is 2.58. The van der Waals surface area contributed by atoms with Crippen molar-refractivity contribution in [3.63, 3.8) is 0 Å². The molecule has 0 unspecified atom stereocenters. The van der Waals surface area contributed by atoms with Crippen molar-refractivity contribution in [3.05, 3.63) is 64.7 Å². The average molecular weight is 345 g/mol. The third-order valence-electron chi connectivity index (χ3n) is 4.40. The van der Waals surface area contributed by atoms with Crippen molar-refractivity contribution in [2.45, 2.75) is 13.5 Å². The zero-order valence-corrected chi connectivity index (χ0v) is 14.6. The summed E-state index contributed by atoms with van der Waals surface area (Å²) in [6, 6.07) is 15.9. The molecule has 2 N–H and O–H groups in total. The van der Waals surface area contributed by atoms with Crippen LogP contribution in [0, 0.1) is 6.92 Å². The average Bonchev–Trinajstić information content (AvgIpc) is 2.57. The van der Waals surface area contributed by atoms with Crippen molar-refractivity contribution in [2.75, 3.05) is 31.5 Å². The molecule has 0 bridgehead atoms. The molecule has 0 aromatic heterocycles. The van der Waals surface area contributed by atoms with Gasteiger partial charge in [-0.3, -0.25) is 0 Å². The topological polar surface area (TPSA) is 36.8 Å². The Morgan fingerprint density at radius 3 is 2.54 bits per heavy atom. The lowest BCUT2D eigenvalue weighted by Gasteiger charge is -2.32. The molecule has 126 valence electrons. The summed E-state index contributed by atoms with van der Waals surface area (Å²) in [4.78, 5) is 15.7. The normalized spacial score (nSPS) is 15.3. The largest absolute Gasteiger partial charge is 0.328 e. The SMILES string of the molecule is Cc1ccc(NC(=O)N2CC[NH+](Cc3cccc(Cl)c3)CC2)cc1. The molecule has 3 rings (SSSR count). The van der Waals surface area contributed by atoms with Gasteiger partial charge in [-0.25, -0.2) is 4.79 Å². The first kappa shape index (κ1) is 16.8. The van der Waals surface area contributed by atoms with Gasteiger partial charge in [0.15, 0.2) is 0 Å². The van der Waals surface area contributed by atoms with Crippen LogP contribution in [0.3, 0.4) is 0 Å². The fourth-order valence-corrected chi connectivity index (χ4v) is 3.19. The highest BCUT2D eigenvalue weighted by atomic mass is 35.5. The van der Waals surface area contributed by atoms with Crippen LogP contribution in [0.25, 0.3) is 0 Å². The molecule has 1 saturated heterocycles. The molecule has 4 nitrogen and oxygen atoms in total. The number of carbonyl (C=O) groups is 1. The Morgan fingerprint density at radius 2 is 1.88 bits per heavy atom. The Morgan fingerprint density at radius 1 is 1.17 bits per heavy atom. The third-order valence-corrected chi connectivity index (χ3v) is 4.64. The standard InChI is InChI=1S/C19H22ClN3O/c1-15-5-7-18(8-6-15)21-19(24)23-11-9-22(10-12-23)14-16-3-2-4-17(20)13-16/h2-8,13H,9-12,14H2,1H3,(H,21,24)/p+1. The molecule has 1 aliphatic heterocycles. The summed E-state index contributed by atoms with van der Waals surface area (Å²) >= 11 is 6.04. The van der Waals surface area contributed by atoms with Crippen LogP contribution in [0.4, 0.5) is 10.5 Å². The summed E-state index contributed by atoms with van der Waals surface area (Å²) in [5.41, 5.74) is 3.28. The van der Waals surface area contributed by atoms with Crippen LogP contribution in [-0.4, -0.2) is 37.1 Å². The molecule has 1 heterocycles. The molecular weight excluding hydrogens is 322 g/mol. The van der Waals surface area contributed by atoms with E-state index in [0.717, 1.165) is 43.4 Å². The predicted molar refractivity (Wildman–Crippen MR) is 97.6 cm³/mol. The minimum Gasteiger partial charge on any atom is -0.328 e. The van der Waals surface area contributed by atoms with E-state index in [9.17, 15) is 4.79 Å². The van der Waals surface area contributed by atoms with Gasteiger partial charge >= 0.3 is 6.03 Å². The maximum absolute atomic E-state index is 12.4. The van der Waals surface area contributed by atoms with E-state index in [2.05, 4.69) is 11.4 Å². The van der Waals surface area contributed by atoms with Gasteiger partial charge in [0.05, 0.1) is 26.2 Å². The van der Waals surface area contributed by atoms with E-state index in [-0.39, 0.29) is 6.03 Å². The van der Waals surface area contributed by atoms with Gasteiger partial charge in [0.25, 0.3) is 0 Å². The molecule has 2 aromatic rings. The number of piperazine rings is 1. The highest BCUT2D eigenvalue weighted by Gasteiger charge is 2.23. The molecule has 0 atom stereocenters. The van der Waals surface area contributed by atoms with E-state index in [1.54, 1.807) is 0 Å². The lowest BCUT2D eigenvalue weighted by Crippen LogP contribution is -3.13. The number of anilines is 1. The quantitative estimate of drug-likeness (QED) is 0.882. The molecule has 1 fully saturated rings. The maximum atomic E-state index is 12.4. The van der Waals surface area contributed by atoms with Crippen molar-refractivity contribution >= 4 is 23.3 Å². The van der Waals surface area contributed by atoms with Crippen LogP contribution in [0.1, 0.15) is 11.1 Å². The molecule has 2 aromatic carbocycles. The first-order chi connectivity index (χ1) is 11.6. The second kappa shape index (κ2) is 7.69. The van der Waals surface area contributed by atoms with Crippen LogP contribution in [0.15, 0.2) is 48.5 Å². The Balaban J connectivity index is 1.49. The van der Waals surface area contributed by atoms with Crippen LogP contribution < -0.4 is 10.2 Å². The highest BCUT2D eigenvalue weighted by Crippen LogP contribution is 2.11. The highest BCUT2D eigenvalue weighted by molar-refractivity contribution is 6.30. The van der Waals surface area contributed by atoms with Gasteiger partial charge in [-0.2, -0.15) is 0 Å². The summed E-state index contributed by atoms with van der Waals surface area (Å²) in [6.45, 7) is 6.43. The lowest BCUT2D eigenvalue weighted by atomic mass is 10.2. The number of hydrogen-bond acceptors (Lipinski definition) is 1. The summed E-state index contributed by atoms with van der Waals surface area (Å²) in [5, 5.41) is 3.75. The zero-order chi connectivity index (χ0) is 16.9. The molecule has 0 spiro atoms. The van der Waals surface area contributed by atoms with Gasteiger partial charge in [0.2, 0.25) is 0 Å². The van der Waals surface area contributed by atoms with E-state index >= 15 is 0 Å². The third kappa shape index (κ3) is 4.49. The van der Waals surface area contributed by atoms with Crippen LogP contribution in [-0.2, 0) is 6.54 Å². The number of carbonyl (C=O) groups excluding carboxylic acids is 1. The van der Waals surface area contributed by atoms with Crippen molar-refractivity contribution in [1.29, 1.82) is 0 Å². The van der Waals surface area contributed by atoms with Crippen LogP contribution >= 0.6 is 11.6 Å². The van der Waals surface area contributed by atoms with Gasteiger partial charge in [-0.15, -0.1) is 0 Å². The zero-order valence-electron chi connectivity index (χ0n) is 13.9. The Bertz CT molecular complexity index is 694. The number of quaternary nitrogens is 1. The fraction of sp³-hybridized carbons (Fsp3) is 0.316. The Kier molecular flexibility index (Phi) is 5.38. The number of halogens is 1. The second-order valence-electron chi connectivity index (χ2n) is 6.34. The second-order valence-corrected chi connectivity index (χ2v) is 6.78. The summed E-state index contributed by atoms with van der Waals surface area (Å²) in [7, 11) is 0. The van der Waals surface area contributed by atoms with Crippen molar-refractivity contribution in [2.24, 2.45) is 0 Å². The number of rotatable bonds is 3. The number of urea groups is 1. The first-order valence-electron chi connectivity index (χ1n) is 8.31. The molecule has 1 aliphatic rings. The molecule has 24 heavy (non-hydrogen) atoms.